The summed E-state index contributed by atoms with van der Waals surface area (Å²) in [4.78, 5) is 5.38. The summed E-state index contributed by atoms with van der Waals surface area (Å²) >= 11 is 0. The summed E-state index contributed by atoms with van der Waals surface area (Å²) in [6.07, 6.45) is 39.5. The molecule has 202 valence electrons. The van der Waals surface area contributed by atoms with Gasteiger partial charge in [-0.15, -0.1) is 0 Å². The molecule has 0 aliphatic carbocycles. The third-order valence-electron chi connectivity index (χ3n) is 7.82. The number of hydrogen-bond donors (Lipinski definition) is 0. The van der Waals surface area contributed by atoms with E-state index in [0.29, 0.717) is 6.17 Å². The molecule has 1 aliphatic rings. The largest absolute Gasteiger partial charge is 0.356 e. The zero-order valence-electron chi connectivity index (χ0n) is 24.0. The summed E-state index contributed by atoms with van der Waals surface area (Å²) in [6, 6.07) is 0. The molecule has 0 aromatic carbocycles. The molecule has 0 spiro atoms. The van der Waals surface area contributed by atoms with Gasteiger partial charge in [0.1, 0.15) is 6.17 Å². The maximum Gasteiger partial charge on any atom is 0.101 e. The molecule has 1 unspecified atom stereocenters. The van der Waals surface area contributed by atoms with Gasteiger partial charge < -0.3 is 9.80 Å². The molecule has 1 heterocycles. The van der Waals surface area contributed by atoms with Crippen molar-refractivity contribution in [1.82, 2.24) is 9.80 Å². The molecule has 1 aliphatic heterocycles. The van der Waals surface area contributed by atoms with Crippen LogP contribution in [0.25, 0.3) is 0 Å². The summed E-state index contributed by atoms with van der Waals surface area (Å²) in [6.45, 7) is 9.46. The average molecular weight is 477 g/mol. The minimum absolute atomic E-state index is 0.643. The third-order valence-corrected chi connectivity index (χ3v) is 7.82. The summed E-state index contributed by atoms with van der Waals surface area (Å²) in [5.41, 5.74) is 0. The van der Waals surface area contributed by atoms with Gasteiger partial charge in [0.2, 0.25) is 0 Å². The molecule has 0 amide bonds. The molecular weight excluding hydrogens is 412 g/mol. The standard InChI is InChI=1S/C32H64N2/c1-4-7-10-13-15-17-18-19-21-24-27-32-33(28-25-22-12-9-6-3)30-31-34(32)29-26-23-20-16-14-11-8-5-2/h30-32H,4-29H2,1-3H3. The van der Waals surface area contributed by atoms with Crippen molar-refractivity contribution in [3.8, 4) is 0 Å². The van der Waals surface area contributed by atoms with Crippen LogP contribution in [0.4, 0.5) is 0 Å². The van der Waals surface area contributed by atoms with Crippen LogP contribution < -0.4 is 0 Å². The predicted octanol–water partition coefficient (Wildman–Crippen LogP) is 10.8. The fourth-order valence-corrected chi connectivity index (χ4v) is 5.48. The molecule has 2 heteroatoms. The van der Waals surface area contributed by atoms with E-state index in [1.807, 2.05) is 0 Å². The second kappa shape index (κ2) is 24.1. The molecule has 1 atom stereocenters. The van der Waals surface area contributed by atoms with Crippen LogP contribution in [-0.2, 0) is 0 Å². The van der Waals surface area contributed by atoms with Crippen molar-refractivity contribution in [1.29, 1.82) is 0 Å². The van der Waals surface area contributed by atoms with Gasteiger partial charge >= 0.3 is 0 Å². The maximum atomic E-state index is 2.69. The Labute approximate surface area is 216 Å². The first-order valence-corrected chi connectivity index (χ1v) is 16.0. The van der Waals surface area contributed by atoms with Crippen LogP contribution in [0.2, 0.25) is 0 Å². The van der Waals surface area contributed by atoms with Crippen molar-refractivity contribution in [2.45, 2.75) is 181 Å². The third kappa shape index (κ3) is 16.9. The van der Waals surface area contributed by atoms with E-state index in [0.717, 1.165) is 0 Å². The Morgan fingerprint density at radius 3 is 1.03 bits per heavy atom. The molecule has 0 saturated carbocycles. The highest BCUT2D eigenvalue weighted by molar-refractivity contribution is 4.97. The summed E-state index contributed by atoms with van der Waals surface area (Å²) in [7, 11) is 0. The molecule has 34 heavy (non-hydrogen) atoms. The van der Waals surface area contributed by atoms with Gasteiger partial charge in [-0.3, -0.25) is 0 Å². The zero-order chi connectivity index (χ0) is 24.5. The number of nitrogens with zero attached hydrogens (tertiary/aromatic N) is 2. The molecule has 0 aromatic rings. The lowest BCUT2D eigenvalue weighted by Crippen LogP contribution is -2.39. The highest BCUT2D eigenvalue weighted by Crippen LogP contribution is 2.24. The van der Waals surface area contributed by atoms with E-state index in [9.17, 15) is 0 Å². The van der Waals surface area contributed by atoms with Crippen LogP contribution in [0.15, 0.2) is 12.4 Å². The Kier molecular flexibility index (Phi) is 22.2. The van der Waals surface area contributed by atoms with Gasteiger partial charge in [-0.1, -0.05) is 149 Å². The Morgan fingerprint density at radius 2 is 0.676 bits per heavy atom. The Balaban J connectivity index is 2.24. The highest BCUT2D eigenvalue weighted by atomic mass is 15.4. The molecule has 0 fully saturated rings. The SMILES string of the molecule is CCCCCCCCCCCCC1N(CCCCCCC)C=CN1CCCCCCCCCC. The van der Waals surface area contributed by atoms with Crippen molar-refractivity contribution in [2.24, 2.45) is 0 Å². The first kappa shape index (κ1) is 31.4. The minimum atomic E-state index is 0.643. The molecule has 1 rings (SSSR count). The summed E-state index contributed by atoms with van der Waals surface area (Å²) in [5, 5.41) is 0. The Bertz CT molecular complexity index is 433. The van der Waals surface area contributed by atoms with Crippen LogP contribution in [0.5, 0.6) is 0 Å². The van der Waals surface area contributed by atoms with Gasteiger partial charge in [-0.2, -0.15) is 0 Å². The monoisotopic (exact) mass is 477 g/mol. The number of rotatable bonds is 26. The molecule has 0 N–H and O–H groups in total. The van der Waals surface area contributed by atoms with Gasteiger partial charge in [0.15, 0.2) is 0 Å². The quantitative estimate of drug-likeness (QED) is 0.114. The lowest BCUT2D eigenvalue weighted by atomic mass is 10.0. The van der Waals surface area contributed by atoms with Gasteiger partial charge in [0.25, 0.3) is 0 Å². The fraction of sp³-hybridized carbons (Fsp3) is 0.938. The van der Waals surface area contributed by atoms with Crippen LogP contribution in [0, 0.1) is 0 Å². The lowest BCUT2D eigenvalue weighted by Gasteiger charge is -2.33. The Morgan fingerprint density at radius 1 is 0.382 bits per heavy atom. The highest BCUT2D eigenvalue weighted by Gasteiger charge is 2.24. The normalized spacial score (nSPS) is 15.7. The zero-order valence-corrected chi connectivity index (χ0v) is 24.0. The van der Waals surface area contributed by atoms with Crippen molar-refractivity contribution in [3.63, 3.8) is 0 Å². The second-order valence-corrected chi connectivity index (χ2v) is 11.1. The van der Waals surface area contributed by atoms with Gasteiger partial charge in [0.05, 0.1) is 0 Å². The second-order valence-electron chi connectivity index (χ2n) is 11.1. The maximum absolute atomic E-state index is 2.69. The molecular formula is C32H64N2. The topological polar surface area (TPSA) is 6.48 Å². The van der Waals surface area contributed by atoms with Gasteiger partial charge in [0, 0.05) is 25.5 Å². The van der Waals surface area contributed by atoms with Crippen LogP contribution >= 0.6 is 0 Å². The molecule has 2 nitrogen and oxygen atoms in total. The van der Waals surface area contributed by atoms with E-state index in [-0.39, 0.29) is 0 Å². The molecule has 0 saturated heterocycles. The smallest absolute Gasteiger partial charge is 0.101 e. The first-order valence-electron chi connectivity index (χ1n) is 16.0. The van der Waals surface area contributed by atoms with Crippen molar-refractivity contribution >= 4 is 0 Å². The van der Waals surface area contributed by atoms with E-state index in [2.05, 4.69) is 43.0 Å². The fourth-order valence-electron chi connectivity index (χ4n) is 5.48. The van der Waals surface area contributed by atoms with Crippen molar-refractivity contribution in [3.05, 3.63) is 12.4 Å². The molecule has 0 aromatic heterocycles. The number of hydrogen-bond acceptors (Lipinski definition) is 2. The van der Waals surface area contributed by atoms with Gasteiger partial charge in [-0.05, 0) is 25.7 Å². The predicted molar refractivity (Wildman–Crippen MR) is 154 cm³/mol. The summed E-state index contributed by atoms with van der Waals surface area (Å²) in [5.74, 6) is 0. The number of unbranched alkanes of at least 4 members (excludes halogenated alkanes) is 20. The average Bonchev–Trinajstić information content (AvgIpc) is 3.23. The first-order chi connectivity index (χ1) is 16.8. The minimum Gasteiger partial charge on any atom is -0.356 e. The van der Waals surface area contributed by atoms with Crippen molar-refractivity contribution < 1.29 is 0 Å². The lowest BCUT2D eigenvalue weighted by molar-refractivity contribution is 0.135. The van der Waals surface area contributed by atoms with E-state index < -0.39 is 0 Å². The molecule has 0 bridgehead atoms. The van der Waals surface area contributed by atoms with E-state index in [1.165, 1.54) is 167 Å². The van der Waals surface area contributed by atoms with E-state index in [1.54, 1.807) is 0 Å². The van der Waals surface area contributed by atoms with Crippen LogP contribution in [-0.4, -0.2) is 29.1 Å². The van der Waals surface area contributed by atoms with E-state index in [4.69, 9.17) is 0 Å². The van der Waals surface area contributed by atoms with Crippen molar-refractivity contribution in [2.75, 3.05) is 13.1 Å². The van der Waals surface area contributed by atoms with Crippen LogP contribution in [0.1, 0.15) is 175 Å². The van der Waals surface area contributed by atoms with E-state index >= 15 is 0 Å². The Hall–Kier alpha value is -0.660. The summed E-state index contributed by atoms with van der Waals surface area (Å²) < 4.78 is 0. The van der Waals surface area contributed by atoms with Crippen LogP contribution in [0.3, 0.4) is 0 Å². The molecule has 0 radical (unpaired) electrons. The van der Waals surface area contributed by atoms with Gasteiger partial charge in [-0.25, -0.2) is 0 Å².